The van der Waals surface area contributed by atoms with Gasteiger partial charge in [-0.25, -0.2) is 0 Å². The van der Waals surface area contributed by atoms with Crippen molar-refractivity contribution in [1.29, 1.82) is 0 Å². The summed E-state index contributed by atoms with van der Waals surface area (Å²) in [6, 6.07) is 8.59. The lowest BCUT2D eigenvalue weighted by atomic mass is 9.65. The number of nitrogens with zero attached hydrogens (tertiary/aromatic N) is 1. The molecule has 1 heterocycles. The van der Waals surface area contributed by atoms with Gasteiger partial charge in [0.1, 0.15) is 0 Å². The number of aliphatic hydroxyl groups is 1. The van der Waals surface area contributed by atoms with Crippen LogP contribution in [0.5, 0.6) is 0 Å². The number of rotatable bonds is 5. The molecule has 0 spiro atoms. The van der Waals surface area contributed by atoms with E-state index in [4.69, 9.17) is 5.73 Å². The van der Waals surface area contributed by atoms with E-state index in [-0.39, 0.29) is 36.6 Å². The predicted molar refractivity (Wildman–Crippen MR) is 126 cm³/mol. The van der Waals surface area contributed by atoms with E-state index in [0.29, 0.717) is 30.4 Å². The number of nitrogens with two attached hydrogens (primary N) is 1. The highest BCUT2D eigenvalue weighted by Gasteiger charge is 2.40. The van der Waals surface area contributed by atoms with Gasteiger partial charge >= 0.3 is 0 Å². The third-order valence-electron chi connectivity index (χ3n) is 7.35. The van der Waals surface area contributed by atoms with Gasteiger partial charge in [-0.05, 0) is 87.1 Å². The van der Waals surface area contributed by atoms with Gasteiger partial charge in [0.15, 0.2) is 0 Å². The third-order valence-corrected chi connectivity index (χ3v) is 7.35. The smallest absolute Gasteiger partial charge is 0.227 e. The van der Waals surface area contributed by atoms with Crippen molar-refractivity contribution in [1.82, 2.24) is 4.90 Å². The van der Waals surface area contributed by atoms with Gasteiger partial charge in [-0.3, -0.25) is 9.69 Å². The maximum Gasteiger partial charge on any atom is 0.227 e. The Bertz CT molecular complexity index is 668. The topological polar surface area (TPSA) is 78.6 Å². The Kier molecular flexibility index (Phi) is 9.89. The Morgan fingerprint density at radius 1 is 1.10 bits per heavy atom. The number of piperidine rings is 1. The van der Waals surface area contributed by atoms with Gasteiger partial charge in [0, 0.05) is 30.8 Å². The summed E-state index contributed by atoms with van der Waals surface area (Å²) in [6.45, 7) is 3.28. The molecule has 30 heavy (non-hydrogen) atoms. The van der Waals surface area contributed by atoms with E-state index in [1.807, 2.05) is 12.1 Å². The average Bonchev–Trinajstić information content (AvgIpc) is 2.68. The summed E-state index contributed by atoms with van der Waals surface area (Å²) in [6.07, 6.45) is 7.67. The fourth-order valence-electron chi connectivity index (χ4n) is 5.58. The summed E-state index contributed by atoms with van der Waals surface area (Å²) in [7, 11) is 0. The minimum absolute atomic E-state index is 0. The number of hydrogen-bond acceptors (Lipinski definition) is 4. The minimum Gasteiger partial charge on any atom is -0.396 e. The van der Waals surface area contributed by atoms with Crippen LogP contribution in [0.1, 0.15) is 50.5 Å². The number of halogens is 2. The number of aliphatic hydroxyl groups excluding tert-OH is 1. The van der Waals surface area contributed by atoms with Crippen LogP contribution in [0.15, 0.2) is 24.3 Å². The molecule has 170 valence electrons. The van der Waals surface area contributed by atoms with Crippen molar-refractivity contribution in [3.63, 3.8) is 0 Å². The number of nitrogens with one attached hydrogen (secondary N) is 1. The Morgan fingerprint density at radius 3 is 2.40 bits per heavy atom. The molecule has 2 saturated carbocycles. The average molecular weight is 458 g/mol. The molecule has 5 nitrogen and oxygen atoms in total. The van der Waals surface area contributed by atoms with Gasteiger partial charge in [0.2, 0.25) is 5.91 Å². The van der Waals surface area contributed by atoms with Crippen LogP contribution in [0.25, 0.3) is 0 Å². The molecule has 1 aromatic rings. The van der Waals surface area contributed by atoms with Crippen LogP contribution in [0.4, 0.5) is 5.69 Å². The number of amides is 1. The Balaban J connectivity index is 0.00000160. The molecule has 0 aromatic heterocycles. The standard InChI is InChI=1S/C23H35N3O2.2ClH/c24-22-18-4-2-5-19(22)13-20(12-18)23(28)25-21-6-1-3-17(11-21)14-26-9-7-16(15-27)8-10-26;;/h1,3,6,11,16,18-20,22,27H,2,4-5,7-10,12-15,24H2,(H,25,28);2*1H. The Morgan fingerprint density at radius 2 is 1.77 bits per heavy atom. The summed E-state index contributed by atoms with van der Waals surface area (Å²) in [5.41, 5.74) is 8.52. The maximum absolute atomic E-state index is 12.9. The number of carbonyl (C=O) groups is 1. The highest BCUT2D eigenvalue weighted by Crippen LogP contribution is 2.42. The highest BCUT2D eigenvalue weighted by atomic mass is 35.5. The minimum atomic E-state index is 0. The van der Waals surface area contributed by atoms with Crippen molar-refractivity contribution in [2.75, 3.05) is 25.0 Å². The van der Waals surface area contributed by atoms with E-state index in [9.17, 15) is 9.90 Å². The first kappa shape index (κ1) is 25.4. The predicted octanol–water partition coefficient (Wildman–Crippen LogP) is 3.83. The summed E-state index contributed by atoms with van der Waals surface area (Å²) in [5.74, 6) is 1.79. The van der Waals surface area contributed by atoms with Crippen LogP contribution >= 0.6 is 24.8 Å². The molecule has 4 N–H and O–H groups in total. The molecule has 1 amide bonds. The highest BCUT2D eigenvalue weighted by molar-refractivity contribution is 5.92. The lowest BCUT2D eigenvalue weighted by molar-refractivity contribution is -0.122. The molecule has 1 aromatic carbocycles. The molecule has 0 radical (unpaired) electrons. The van der Waals surface area contributed by atoms with Crippen LogP contribution in [0.3, 0.4) is 0 Å². The fraction of sp³-hybridized carbons (Fsp3) is 0.696. The van der Waals surface area contributed by atoms with E-state index in [2.05, 4.69) is 22.3 Å². The number of anilines is 1. The third kappa shape index (κ3) is 6.10. The second-order valence-corrected chi connectivity index (χ2v) is 9.29. The quantitative estimate of drug-likeness (QED) is 0.627. The number of fused-ring (bicyclic) bond motifs is 2. The van der Waals surface area contributed by atoms with E-state index in [1.165, 1.54) is 24.8 Å². The SMILES string of the molecule is Cl.Cl.NC1C2CCCC1CC(C(=O)Nc1cccc(CN3CCC(CO)CC3)c1)C2. The Labute approximate surface area is 193 Å². The van der Waals surface area contributed by atoms with Crippen molar-refractivity contribution >= 4 is 36.4 Å². The van der Waals surface area contributed by atoms with Crippen LogP contribution < -0.4 is 11.1 Å². The summed E-state index contributed by atoms with van der Waals surface area (Å²) in [4.78, 5) is 15.3. The van der Waals surface area contributed by atoms with Gasteiger partial charge in [0.25, 0.3) is 0 Å². The molecular weight excluding hydrogens is 421 g/mol. The summed E-state index contributed by atoms with van der Waals surface area (Å²) in [5, 5.41) is 12.5. The molecule has 1 aliphatic heterocycles. The zero-order chi connectivity index (χ0) is 19.5. The van der Waals surface area contributed by atoms with Crippen LogP contribution in [0.2, 0.25) is 0 Å². The molecule has 2 aliphatic carbocycles. The normalized spacial score (nSPS) is 29.4. The number of likely N-dealkylation sites (tertiary alicyclic amines) is 1. The van der Waals surface area contributed by atoms with Crippen molar-refractivity contribution in [3.05, 3.63) is 29.8 Å². The van der Waals surface area contributed by atoms with Crippen LogP contribution in [-0.4, -0.2) is 41.7 Å². The molecule has 2 bridgehead atoms. The first-order valence-corrected chi connectivity index (χ1v) is 11.1. The van der Waals surface area contributed by atoms with Gasteiger partial charge in [-0.2, -0.15) is 0 Å². The Hall–Kier alpha value is -0.850. The van der Waals surface area contributed by atoms with E-state index in [1.54, 1.807) is 0 Å². The number of carbonyl (C=O) groups excluding carboxylic acids is 1. The number of hydrogen-bond donors (Lipinski definition) is 3. The van der Waals surface area contributed by atoms with Crippen molar-refractivity contribution in [2.24, 2.45) is 29.4 Å². The largest absolute Gasteiger partial charge is 0.396 e. The summed E-state index contributed by atoms with van der Waals surface area (Å²) < 4.78 is 0. The molecular formula is C23H37Cl2N3O2. The van der Waals surface area contributed by atoms with Crippen LogP contribution in [0, 0.1) is 23.7 Å². The van der Waals surface area contributed by atoms with E-state index >= 15 is 0 Å². The maximum atomic E-state index is 12.9. The molecule has 3 aliphatic rings. The van der Waals surface area contributed by atoms with Gasteiger partial charge in [0.05, 0.1) is 0 Å². The molecule has 2 atom stereocenters. The molecule has 4 rings (SSSR count). The van der Waals surface area contributed by atoms with Gasteiger partial charge < -0.3 is 16.2 Å². The lowest BCUT2D eigenvalue weighted by Gasteiger charge is -2.43. The lowest BCUT2D eigenvalue weighted by Crippen LogP contribution is -2.48. The number of benzene rings is 1. The van der Waals surface area contributed by atoms with Gasteiger partial charge in [-0.1, -0.05) is 18.6 Å². The van der Waals surface area contributed by atoms with Crippen molar-refractivity contribution in [2.45, 2.75) is 57.5 Å². The fourth-order valence-corrected chi connectivity index (χ4v) is 5.58. The van der Waals surface area contributed by atoms with Crippen molar-refractivity contribution in [3.8, 4) is 0 Å². The first-order chi connectivity index (χ1) is 13.6. The first-order valence-electron chi connectivity index (χ1n) is 11.1. The second kappa shape index (κ2) is 11.7. The van der Waals surface area contributed by atoms with Gasteiger partial charge in [-0.15, -0.1) is 24.8 Å². The van der Waals surface area contributed by atoms with E-state index < -0.39 is 0 Å². The van der Waals surface area contributed by atoms with E-state index in [0.717, 1.165) is 51.0 Å². The second-order valence-electron chi connectivity index (χ2n) is 9.29. The monoisotopic (exact) mass is 457 g/mol. The van der Waals surface area contributed by atoms with Crippen molar-refractivity contribution < 1.29 is 9.90 Å². The molecule has 1 saturated heterocycles. The zero-order valence-corrected chi connectivity index (χ0v) is 19.3. The zero-order valence-electron chi connectivity index (χ0n) is 17.7. The van der Waals surface area contributed by atoms with Crippen LogP contribution in [-0.2, 0) is 11.3 Å². The molecule has 7 heteroatoms. The molecule has 3 fully saturated rings. The summed E-state index contributed by atoms with van der Waals surface area (Å²) >= 11 is 0. The molecule has 2 unspecified atom stereocenters.